The fraction of sp³-hybridized carbons (Fsp3) is 0.600. The van der Waals surface area contributed by atoms with Crippen LogP contribution in [0.2, 0.25) is 0 Å². The summed E-state index contributed by atoms with van der Waals surface area (Å²) in [6.45, 7) is 5.38. The second-order valence-electron chi connectivity index (χ2n) is 4.50. The summed E-state index contributed by atoms with van der Waals surface area (Å²) < 4.78 is 0. The normalized spacial score (nSPS) is 26.3. The van der Waals surface area contributed by atoms with E-state index in [0.717, 1.165) is 0 Å². The molecule has 0 aromatic heterocycles. The highest BCUT2D eigenvalue weighted by Gasteiger charge is 2.31. The Morgan fingerprint density at radius 1 is 1.57 bits per heavy atom. The quantitative estimate of drug-likeness (QED) is 0.610. The molecule has 1 rings (SSSR count). The molecule has 0 saturated carbocycles. The lowest BCUT2D eigenvalue weighted by molar-refractivity contribution is -0.133. The molecule has 1 amide bonds. The maximum atomic E-state index is 11.6. The van der Waals surface area contributed by atoms with Crippen molar-refractivity contribution >= 4 is 12.1 Å². The van der Waals surface area contributed by atoms with E-state index in [-0.39, 0.29) is 5.91 Å². The van der Waals surface area contributed by atoms with Crippen LogP contribution in [-0.4, -0.2) is 23.0 Å². The number of hydrogen-bond acceptors (Lipinski definition) is 3. The number of carbonyl (C=O) groups excluding carboxylic acids is 1. The predicted octanol–water partition coefficient (Wildman–Crippen LogP) is 0.826. The molecule has 0 aliphatic carbocycles. The molecule has 1 aliphatic rings. The molecule has 1 aliphatic heterocycles. The molecule has 0 fully saturated rings. The van der Waals surface area contributed by atoms with Crippen molar-refractivity contribution in [3.63, 3.8) is 0 Å². The van der Waals surface area contributed by atoms with E-state index in [1.54, 1.807) is 33.0 Å². The average molecular weight is 196 g/mol. The van der Waals surface area contributed by atoms with Crippen LogP contribution in [0.15, 0.2) is 17.3 Å². The second kappa shape index (κ2) is 3.53. The van der Waals surface area contributed by atoms with Gasteiger partial charge in [-0.15, -0.1) is 0 Å². The van der Waals surface area contributed by atoms with Crippen LogP contribution in [0, 0.1) is 5.41 Å². The van der Waals surface area contributed by atoms with Crippen molar-refractivity contribution < 1.29 is 9.90 Å². The van der Waals surface area contributed by atoms with Crippen LogP contribution in [0.1, 0.15) is 27.2 Å². The molecule has 1 unspecified atom stereocenters. The molecule has 14 heavy (non-hydrogen) atoms. The Bertz CT molecular complexity index is 289. The lowest BCUT2D eigenvalue weighted by atomic mass is 9.94. The summed E-state index contributed by atoms with van der Waals surface area (Å²) in [6, 6.07) is 0. The fourth-order valence-electron chi connectivity index (χ4n) is 0.980. The molecule has 4 heteroatoms. The van der Waals surface area contributed by atoms with Crippen LogP contribution in [0.4, 0.5) is 0 Å². The molecule has 0 spiro atoms. The van der Waals surface area contributed by atoms with Crippen LogP contribution in [0.5, 0.6) is 0 Å². The zero-order chi connectivity index (χ0) is 10.8. The number of rotatable bonds is 1. The van der Waals surface area contributed by atoms with Crippen molar-refractivity contribution in [1.82, 2.24) is 5.32 Å². The molecule has 4 nitrogen and oxygen atoms in total. The lowest BCUT2D eigenvalue weighted by Gasteiger charge is -2.29. The van der Waals surface area contributed by atoms with Crippen LogP contribution < -0.4 is 5.32 Å². The van der Waals surface area contributed by atoms with Gasteiger partial charge in [-0.1, -0.05) is 26.8 Å². The summed E-state index contributed by atoms with van der Waals surface area (Å²) in [6.07, 6.45) is 5.01. The highest BCUT2D eigenvalue weighted by atomic mass is 16.3. The summed E-state index contributed by atoms with van der Waals surface area (Å²) >= 11 is 0. The van der Waals surface area contributed by atoms with Gasteiger partial charge in [-0.05, 0) is 0 Å². The van der Waals surface area contributed by atoms with Gasteiger partial charge in [-0.25, -0.2) is 0 Å². The minimum absolute atomic E-state index is 0.193. The molecule has 2 N–H and O–H groups in total. The smallest absolute Gasteiger partial charge is 0.227 e. The van der Waals surface area contributed by atoms with Crippen molar-refractivity contribution in [2.24, 2.45) is 10.4 Å². The van der Waals surface area contributed by atoms with E-state index in [4.69, 9.17) is 0 Å². The van der Waals surface area contributed by atoms with Gasteiger partial charge in [0.1, 0.15) is 0 Å². The van der Waals surface area contributed by atoms with Crippen molar-refractivity contribution in [1.29, 1.82) is 0 Å². The molecule has 1 atom stereocenters. The number of nitrogens with zero attached hydrogens (tertiary/aromatic N) is 1. The molecule has 0 aromatic carbocycles. The van der Waals surface area contributed by atoms with Crippen LogP contribution in [0.25, 0.3) is 0 Å². The average Bonchev–Trinajstić information content (AvgIpc) is 2.02. The number of aliphatic imine (C=N–C) groups is 1. The lowest BCUT2D eigenvalue weighted by Crippen LogP contribution is -2.53. The van der Waals surface area contributed by atoms with Gasteiger partial charge in [0.2, 0.25) is 5.91 Å². The van der Waals surface area contributed by atoms with Gasteiger partial charge in [0, 0.05) is 18.0 Å². The van der Waals surface area contributed by atoms with E-state index in [0.29, 0.717) is 6.42 Å². The summed E-state index contributed by atoms with van der Waals surface area (Å²) in [5.41, 5.74) is -1.83. The Morgan fingerprint density at radius 3 is 2.64 bits per heavy atom. The number of aliphatic hydroxyl groups is 1. The van der Waals surface area contributed by atoms with E-state index < -0.39 is 11.1 Å². The van der Waals surface area contributed by atoms with Crippen LogP contribution in [0.3, 0.4) is 0 Å². The minimum atomic E-state index is -1.32. The summed E-state index contributed by atoms with van der Waals surface area (Å²) in [7, 11) is 0. The number of nitrogens with one attached hydrogen (secondary N) is 1. The second-order valence-corrected chi connectivity index (χ2v) is 4.50. The molecular weight excluding hydrogens is 180 g/mol. The Kier molecular flexibility index (Phi) is 2.76. The first-order valence-electron chi connectivity index (χ1n) is 4.58. The maximum absolute atomic E-state index is 11.6. The predicted molar refractivity (Wildman–Crippen MR) is 54.8 cm³/mol. The Morgan fingerprint density at radius 2 is 2.21 bits per heavy atom. The van der Waals surface area contributed by atoms with Gasteiger partial charge in [0.05, 0.1) is 6.21 Å². The standard InChI is InChI=1S/C10H16N2O2/c1-9(2,3)8(13)12-10(14)5-4-6-11-7-10/h4,6-7,14H,5H2,1-3H3,(H,12,13). The van der Waals surface area contributed by atoms with Crippen molar-refractivity contribution in [3.8, 4) is 0 Å². The number of amides is 1. The summed E-state index contributed by atoms with van der Waals surface area (Å²) in [5, 5.41) is 12.4. The van der Waals surface area contributed by atoms with Gasteiger partial charge in [-0.3, -0.25) is 9.79 Å². The molecule has 0 aromatic rings. The molecule has 0 radical (unpaired) electrons. The largest absolute Gasteiger partial charge is 0.366 e. The van der Waals surface area contributed by atoms with Gasteiger partial charge in [0.15, 0.2) is 5.72 Å². The van der Waals surface area contributed by atoms with Gasteiger partial charge < -0.3 is 10.4 Å². The third-order valence-electron chi connectivity index (χ3n) is 1.92. The SMILES string of the molecule is CC(C)(C)C(=O)NC1(O)C=NC=CC1. The van der Waals surface area contributed by atoms with Crippen LogP contribution >= 0.6 is 0 Å². The van der Waals surface area contributed by atoms with Crippen molar-refractivity contribution in [2.45, 2.75) is 32.9 Å². The fourth-order valence-corrected chi connectivity index (χ4v) is 0.980. The Labute approximate surface area is 83.7 Å². The minimum Gasteiger partial charge on any atom is -0.366 e. The Hall–Kier alpha value is -1.16. The zero-order valence-electron chi connectivity index (χ0n) is 8.74. The van der Waals surface area contributed by atoms with Gasteiger partial charge >= 0.3 is 0 Å². The van der Waals surface area contributed by atoms with E-state index in [2.05, 4.69) is 10.3 Å². The van der Waals surface area contributed by atoms with E-state index in [1.165, 1.54) is 6.21 Å². The third kappa shape index (κ3) is 2.67. The summed E-state index contributed by atoms with van der Waals surface area (Å²) in [5.74, 6) is -0.193. The molecule has 0 bridgehead atoms. The van der Waals surface area contributed by atoms with Gasteiger partial charge in [0.25, 0.3) is 0 Å². The van der Waals surface area contributed by atoms with E-state index >= 15 is 0 Å². The molecule has 1 heterocycles. The number of hydrogen-bond donors (Lipinski definition) is 2. The van der Waals surface area contributed by atoms with Crippen molar-refractivity contribution in [2.75, 3.05) is 0 Å². The highest BCUT2D eigenvalue weighted by Crippen LogP contribution is 2.16. The van der Waals surface area contributed by atoms with Crippen molar-refractivity contribution in [3.05, 3.63) is 12.3 Å². The first kappa shape index (κ1) is 10.9. The third-order valence-corrected chi connectivity index (χ3v) is 1.92. The molecule has 0 saturated heterocycles. The summed E-state index contributed by atoms with van der Waals surface area (Å²) in [4.78, 5) is 15.4. The Balaban J connectivity index is 2.65. The van der Waals surface area contributed by atoms with E-state index in [9.17, 15) is 9.90 Å². The highest BCUT2D eigenvalue weighted by molar-refractivity contribution is 5.86. The molecular formula is C10H16N2O2. The topological polar surface area (TPSA) is 61.7 Å². The molecule has 78 valence electrons. The maximum Gasteiger partial charge on any atom is 0.227 e. The zero-order valence-corrected chi connectivity index (χ0v) is 8.74. The monoisotopic (exact) mass is 196 g/mol. The van der Waals surface area contributed by atoms with Crippen LogP contribution in [-0.2, 0) is 4.79 Å². The van der Waals surface area contributed by atoms with E-state index in [1.807, 2.05) is 0 Å². The van der Waals surface area contributed by atoms with Gasteiger partial charge in [-0.2, -0.15) is 0 Å². The first-order valence-corrected chi connectivity index (χ1v) is 4.58. The first-order chi connectivity index (χ1) is 6.33. The number of carbonyl (C=O) groups is 1.